The zero-order valence-electron chi connectivity index (χ0n) is 21.2. The van der Waals surface area contributed by atoms with Gasteiger partial charge in [-0.05, 0) is 43.9 Å². The zero-order valence-corrected chi connectivity index (χ0v) is 23.0. The summed E-state index contributed by atoms with van der Waals surface area (Å²) in [7, 11) is -3.81. The lowest BCUT2D eigenvalue weighted by Gasteiger charge is -2.45. The molecule has 1 aromatic rings. The second-order valence-corrected chi connectivity index (χ2v) is 18.5. The van der Waals surface area contributed by atoms with Gasteiger partial charge in [0.15, 0.2) is 11.6 Å². The Morgan fingerprint density at radius 1 is 1.17 bits per heavy atom. The zero-order chi connectivity index (χ0) is 25.6. The third-order valence-corrected chi connectivity index (χ3v) is 10.7. The number of cyclic esters (lactones) is 1. The highest BCUT2D eigenvalue weighted by Crippen LogP contribution is 2.53. The van der Waals surface area contributed by atoms with Crippen molar-refractivity contribution in [2.45, 2.75) is 62.0 Å². The van der Waals surface area contributed by atoms with Crippen LogP contribution in [0.5, 0.6) is 0 Å². The SMILES string of the molecule is COC[C@@H]1OC(=O)N2CC(C/C=C/C[Si](C)(C)C)[C@H]3CCN(S(=O)(=O)c4ccc(C)cc4)C(=O)[C@]132. The summed E-state index contributed by atoms with van der Waals surface area (Å²) >= 11 is 0. The number of sulfonamides is 1. The van der Waals surface area contributed by atoms with Gasteiger partial charge in [0.25, 0.3) is 15.9 Å². The third kappa shape index (κ3) is 4.44. The molecule has 35 heavy (non-hydrogen) atoms. The molecule has 192 valence electrons. The number of rotatable bonds is 8. The number of nitrogens with zero attached hydrogens (tertiary/aromatic N) is 2. The van der Waals surface area contributed by atoms with Gasteiger partial charge in [0, 0.05) is 34.2 Å². The van der Waals surface area contributed by atoms with E-state index in [1.165, 1.54) is 24.1 Å². The molecule has 0 saturated carbocycles. The third-order valence-electron chi connectivity index (χ3n) is 7.43. The lowest BCUT2D eigenvalue weighted by molar-refractivity contribution is -0.146. The van der Waals surface area contributed by atoms with Crippen LogP contribution >= 0.6 is 0 Å². The largest absolute Gasteiger partial charge is 0.440 e. The summed E-state index contributed by atoms with van der Waals surface area (Å²) in [6.07, 6.45) is 4.15. The molecule has 3 aliphatic rings. The Balaban J connectivity index is 1.69. The van der Waals surface area contributed by atoms with Crippen LogP contribution in [0.25, 0.3) is 0 Å². The second kappa shape index (κ2) is 9.37. The van der Waals surface area contributed by atoms with Gasteiger partial charge in [-0.25, -0.2) is 17.5 Å². The van der Waals surface area contributed by atoms with E-state index in [-0.39, 0.29) is 29.9 Å². The average Bonchev–Trinajstić information content (AvgIpc) is 3.25. The maximum absolute atomic E-state index is 14.1. The smallest absolute Gasteiger partial charge is 0.411 e. The fraction of sp³-hybridized carbons (Fsp3) is 0.600. The van der Waals surface area contributed by atoms with Gasteiger partial charge < -0.3 is 9.47 Å². The lowest BCUT2D eigenvalue weighted by atomic mass is 9.71. The topological polar surface area (TPSA) is 93.2 Å². The molecule has 8 nitrogen and oxygen atoms in total. The number of methoxy groups -OCH3 is 1. The summed E-state index contributed by atoms with van der Waals surface area (Å²) in [6.45, 7) is 9.28. The summed E-state index contributed by atoms with van der Waals surface area (Å²) in [4.78, 5) is 28.6. The Labute approximate surface area is 209 Å². The molecule has 1 spiro atoms. The molecule has 0 aromatic heterocycles. The highest BCUT2D eigenvalue weighted by Gasteiger charge is 2.72. The number of benzene rings is 1. The van der Waals surface area contributed by atoms with Gasteiger partial charge in [-0.3, -0.25) is 9.69 Å². The average molecular weight is 521 g/mol. The van der Waals surface area contributed by atoms with E-state index in [1.54, 1.807) is 12.1 Å². The summed E-state index contributed by atoms with van der Waals surface area (Å²) in [5, 5.41) is 0. The van der Waals surface area contributed by atoms with Crippen molar-refractivity contribution in [1.82, 2.24) is 9.21 Å². The summed E-state index contributed by atoms with van der Waals surface area (Å²) in [5.74, 6) is -0.744. The van der Waals surface area contributed by atoms with E-state index in [2.05, 4.69) is 31.8 Å². The number of hydrogen-bond donors (Lipinski definition) is 0. The molecule has 3 saturated heterocycles. The first-order chi connectivity index (χ1) is 16.4. The van der Waals surface area contributed by atoms with Crippen LogP contribution in [-0.2, 0) is 24.3 Å². The highest BCUT2D eigenvalue weighted by atomic mass is 32.2. The van der Waals surface area contributed by atoms with Crippen LogP contribution < -0.4 is 0 Å². The molecule has 3 aliphatic heterocycles. The first kappa shape index (κ1) is 25.9. The summed E-state index contributed by atoms with van der Waals surface area (Å²) in [5.41, 5.74) is -0.449. The van der Waals surface area contributed by atoms with Crippen LogP contribution in [-0.4, -0.2) is 76.1 Å². The first-order valence-electron chi connectivity index (χ1n) is 12.2. The van der Waals surface area contributed by atoms with E-state index in [0.29, 0.717) is 13.0 Å². The second-order valence-electron chi connectivity index (χ2n) is 11.1. The van der Waals surface area contributed by atoms with Crippen molar-refractivity contribution in [3.05, 3.63) is 42.0 Å². The van der Waals surface area contributed by atoms with Crippen LogP contribution in [0.15, 0.2) is 41.3 Å². The molecule has 3 fully saturated rings. The number of allylic oxidation sites excluding steroid dienone is 2. The minimum absolute atomic E-state index is 0.0289. The predicted octanol–water partition coefficient (Wildman–Crippen LogP) is 3.65. The maximum atomic E-state index is 14.1. The molecule has 2 amide bonds. The van der Waals surface area contributed by atoms with Crippen molar-refractivity contribution in [1.29, 1.82) is 0 Å². The Morgan fingerprint density at radius 3 is 2.49 bits per heavy atom. The summed E-state index contributed by atoms with van der Waals surface area (Å²) < 4.78 is 39.0. The van der Waals surface area contributed by atoms with Gasteiger partial charge in [0.05, 0.1) is 11.5 Å². The van der Waals surface area contributed by atoms with E-state index in [0.717, 1.165) is 22.3 Å². The van der Waals surface area contributed by atoms with E-state index >= 15 is 0 Å². The lowest BCUT2D eigenvalue weighted by Crippen LogP contribution is -2.67. The minimum atomic E-state index is -4.08. The van der Waals surface area contributed by atoms with Crippen LogP contribution in [0, 0.1) is 18.8 Å². The Bertz CT molecular complexity index is 1110. The quantitative estimate of drug-likeness (QED) is 0.384. The standard InChI is InChI=1S/C25H36N2O6SSi/c1-18-9-11-20(12-10-18)34(30,31)27-14-13-21-19(8-6-7-15-35(3,4)5)16-26-24(29)33-22(17-32-2)25(21,26)23(27)28/h6-7,9-12,19,21-22H,8,13-17H2,1-5H3/b7-6+/t19?,21-,22+,25-/m1/s1. The van der Waals surface area contributed by atoms with E-state index in [9.17, 15) is 18.0 Å². The van der Waals surface area contributed by atoms with Gasteiger partial charge >= 0.3 is 6.09 Å². The van der Waals surface area contributed by atoms with Crippen molar-refractivity contribution >= 4 is 30.1 Å². The molecule has 0 aliphatic carbocycles. The molecule has 1 unspecified atom stereocenters. The van der Waals surface area contributed by atoms with Crippen LogP contribution in [0.4, 0.5) is 4.79 Å². The van der Waals surface area contributed by atoms with Gasteiger partial charge in [-0.1, -0.05) is 49.5 Å². The van der Waals surface area contributed by atoms with Gasteiger partial charge in [-0.2, -0.15) is 0 Å². The normalized spacial score (nSPS) is 29.0. The Kier molecular flexibility index (Phi) is 6.93. The van der Waals surface area contributed by atoms with Gasteiger partial charge in [0.1, 0.15) is 0 Å². The van der Waals surface area contributed by atoms with Crippen LogP contribution in [0.3, 0.4) is 0 Å². The molecule has 1 aromatic carbocycles. The molecule has 0 radical (unpaired) electrons. The fourth-order valence-electron chi connectivity index (χ4n) is 5.74. The predicted molar refractivity (Wildman–Crippen MR) is 135 cm³/mol. The van der Waals surface area contributed by atoms with Crippen molar-refractivity contribution < 1.29 is 27.5 Å². The number of carbonyl (C=O) groups is 2. The number of carbonyl (C=O) groups excluding carboxylic acids is 2. The van der Waals surface area contributed by atoms with Crippen molar-refractivity contribution in [3.8, 4) is 0 Å². The molecular formula is C25H36N2O6SSi. The molecule has 4 atom stereocenters. The van der Waals surface area contributed by atoms with Gasteiger partial charge in [-0.15, -0.1) is 0 Å². The number of hydrogen-bond acceptors (Lipinski definition) is 6. The van der Waals surface area contributed by atoms with E-state index < -0.39 is 41.7 Å². The van der Waals surface area contributed by atoms with Crippen LogP contribution in [0.1, 0.15) is 18.4 Å². The monoisotopic (exact) mass is 520 g/mol. The molecule has 10 heteroatoms. The van der Waals surface area contributed by atoms with Crippen molar-refractivity contribution in [2.24, 2.45) is 11.8 Å². The van der Waals surface area contributed by atoms with Crippen molar-refractivity contribution in [3.63, 3.8) is 0 Å². The highest BCUT2D eigenvalue weighted by molar-refractivity contribution is 7.89. The number of aryl methyl sites for hydroxylation is 1. The number of amides is 2. The van der Waals surface area contributed by atoms with E-state index in [1.807, 2.05) is 6.92 Å². The van der Waals surface area contributed by atoms with E-state index in [4.69, 9.17) is 9.47 Å². The Hall–Kier alpha value is -2.17. The van der Waals surface area contributed by atoms with Gasteiger partial charge in [0.2, 0.25) is 0 Å². The minimum Gasteiger partial charge on any atom is -0.440 e. The Morgan fingerprint density at radius 2 is 1.86 bits per heavy atom. The van der Waals surface area contributed by atoms with Crippen LogP contribution in [0.2, 0.25) is 25.7 Å². The molecular weight excluding hydrogens is 484 g/mol. The number of piperidine rings is 1. The fourth-order valence-corrected chi connectivity index (χ4v) is 8.06. The molecule has 0 bridgehead atoms. The van der Waals surface area contributed by atoms with Crippen molar-refractivity contribution in [2.75, 3.05) is 26.8 Å². The number of ether oxygens (including phenoxy) is 2. The molecule has 4 rings (SSSR count). The molecule has 0 N–H and O–H groups in total. The maximum Gasteiger partial charge on any atom is 0.411 e. The molecule has 3 heterocycles. The summed E-state index contributed by atoms with van der Waals surface area (Å²) in [6, 6.07) is 7.52. The first-order valence-corrected chi connectivity index (χ1v) is 17.3.